The van der Waals surface area contributed by atoms with E-state index in [-0.39, 0.29) is 0 Å². The second kappa shape index (κ2) is 4.01. The van der Waals surface area contributed by atoms with Crippen molar-refractivity contribution in [2.24, 2.45) is 0 Å². The number of nitrogens with one attached hydrogen (secondary N) is 1. The summed E-state index contributed by atoms with van der Waals surface area (Å²) in [5.74, 6) is 0.697. The molecule has 2 heteroatoms. The average Bonchev–Trinajstić information content (AvgIpc) is 2.18. The topological polar surface area (TPSA) is 15.3 Å². The SMILES string of the molecule is CN(C)CC1CCNc2ccccc21. The first-order valence-electron chi connectivity index (χ1n) is 5.25. The molecule has 1 aromatic rings. The van der Waals surface area contributed by atoms with E-state index in [1.807, 2.05) is 0 Å². The van der Waals surface area contributed by atoms with E-state index in [2.05, 4.69) is 48.6 Å². The molecule has 1 aromatic carbocycles. The molecule has 1 atom stereocenters. The van der Waals surface area contributed by atoms with Gasteiger partial charge in [0.1, 0.15) is 0 Å². The van der Waals surface area contributed by atoms with Crippen LogP contribution < -0.4 is 5.32 Å². The van der Waals surface area contributed by atoms with Gasteiger partial charge in [-0.05, 0) is 32.1 Å². The Morgan fingerprint density at radius 1 is 1.36 bits per heavy atom. The number of hydrogen-bond acceptors (Lipinski definition) is 2. The highest BCUT2D eigenvalue weighted by molar-refractivity contribution is 5.54. The van der Waals surface area contributed by atoms with Crippen LogP contribution in [0, 0.1) is 0 Å². The zero-order valence-electron chi connectivity index (χ0n) is 8.96. The van der Waals surface area contributed by atoms with E-state index in [9.17, 15) is 0 Å². The smallest absolute Gasteiger partial charge is 0.0376 e. The number of anilines is 1. The van der Waals surface area contributed by atoms with Gasteiger partial charge in [-0.1, -0.05) is 18.2 Å². The molecule has 0 spiro atoms. The summed E-state index contributed by atoms with van der Waals surface area (Å²) in [6.07, 6.45) is 1.25. The third-order valence-corrected chi connectivity index (χ3v) is 2.79. The van der Waals surface area contributed by atoms with Gasteiger partial charge in [-0.15, -0.1) is 0 Å². The Morgan fingerprint density at radius 3 is 2.93 bits per heavy atom. The highest BCUT2D eigenvalue weighted by Crippen LogP contribution is 2.31. The van der Waals surface area contributed by atoms with Crippen molar-refractivity contribution in [3.8, 4) is 0 Å². The molecule has 0 amide bonds. The average molecular weight is 190 g/mol. The fraction of sp³-hybridized carbons (Fsp3) is 0.500. The summed E-state index contributed by atoms with van der Waals surface area (Å²) in [6, 6.07) is 8.66. The molecule has 0 bridgehead atoms. The number of para-hydroxylation sites is 1. The number of nitrogens with zero attached hydrogens (tertiary/aromatic N) is 1. The molecule has 1 aliphatic heterocycles. The molecule has 1 aliphatic rings. The first-order valence-corrected chi connectivity index (χ1v) is 5.25. The highest BCUT2D eigenvalue weighted by Gasteiger charge is 2.19. The van der Waals surface area contributed by atoms with Gasteiger partial charge < -0.3 is 10.2 Å². The third kappa shape index (κ3) is 1.90. The van der Waals surface area contributed by atoms with Gasteiger partial charge in [0.05, 0.1) is 0 Å². The summed E-state index contributed by atoms with van der Waals surface area (Å²) in [7, 11) is 4.29. The van der Waals surface area contributed by atoms with Crippen molar-refractivity contribution in [2.75, 3.05) is 32.5 Å². The normalized spacial score (nSPS) is 20.4. The molecule has 1 heterocycles. The number of benzene rings is 1. The van der Waals surface area contributed by atoms with Crippen molar-refractivity contribution in [1.29, 1.82) is 0 Å². The van der Waals surface area contributed by atoms with E-state index in [0.717, 1.165) is 13.1 Å². The molecule has 1 unspecified atom stereocenters. The molecule has 0 saturated carbocycles. The van der Waals surface area contributed by atoms with E-state index in [1.165, 1.54) is 17.7 Å². The molecule has 0 aromatic heterocycles. The maximum atomic E-state index is 3.45. The molecule has 1 N–H and O–H groups in total. The fourth-order valence-electron chi connectivity index (χ4n) is 2.18. The van der Waals surface area contributed by atoms with Crippen molar-refractivity contribution in [3.05, 3.63) is 29.8 Å². The van der Waals surface area contributed by atoms with E-state index in [0.29, 0.717) is 5.92 Å². The lowest BCUT2D eigenvalue weighted by molar-refractivity contribution is 0.364. The summed E-state index contributed by atoms with van der Waals surface area (Å²) in [4.78, 5) is 2.27. The highest BCUT2D eigenvalue weighted by atomic mass is 15.1. The standard InChI is InChI=1S/C12H18N2/c1-14(2)9-10-7-8-13-12-6-4-3-5-11(10)12/h3-6,10,13H,7-9H2,1-2H3. The minimum absolute atomic E-state index is 0.697. The van der Waals surface area contributed by atoms with Gasteiger partial charge in [-0.3, -0.25) is 0 Å². The first-order chi connectivity index (χ1) is 6.77. The molecule has 76 valence electrons. The van der Waals surface area contributed by atoms with Crippen LogP contribution in [-0.4, -0.2) is 32.1 Å². The Kier molecular flexibility index (Phi) is 2.73. The Morgan fingerprint density at radius 2 is 2.14 bits per heavy atom. The fourth-order valence-corrected chi connectivity index (χ4v) is 2.18. The lowest BCUT2D eigenvalue weighted by atomic mass is 9.91. The Labute approximate surface area is 85.9 Å². The van der Waals surface area contributed by atoms with Crippen molar-refractivity contribution >= 4 is 5.69 Å². The van der Waals surface area contributed by atoms with Crippen LogP contribution in [0.4, 0.5) is 5.69 Å². The van der Waals surface area contributed by atoms with Crippen molar-refractivity contribution in [1.82, 2.24) is 4.90 Å². The molecular formula is C12H18N2. The molecule has 0 fully saturated rings. The number of likely N-dealkylation sites (N-methyl/N-ethyl adjacent to an activating group) is 1. The Balaban J connectivity index is 2.22. The summed E-state index contributed by atoms with van der Waals surface area (Å²) < 4.78 is 0. The Hall–Kier alpha value is -1.02. The molecular weight excluding hydrogens is 172 g/mol. The van der Waals surface area contributed by atoms with Crippen LogP contribution in [0.1, 0.15) is 17.9 Å². The summed E-state index contributed by atoms with van der Waals surface area (Å²) >= 11 is 0. The van der Waals surface area contributed by atoms with Crippen LogP contribution >= 0.6 is 0 Å². The Bertz CT molecular complexity index is 307. The van der Waals surface area contributed by atoms with Crippen LogP contribution in [0.3, 0.4) is 0 Å². The van der Waals surface area contributed by atoms with Crippen LogP contribution in [-0.2, 0) is 0 Å². The zero-order chi connectivity index (χ0) is 9.97. The second-order valence-electron chi connectivity index (χ2n) is 4.26. The molecule has 2 nitrogen and oxygen atoms in total. The maximum absolute atomic E-state index is 3.45. The van der Waals surface area contributed by atoms with E-state index < -0.39 is 0 Å². The van der Waals surface area contributed by atoms with Crippen LogP contribution in [0.25, 0.3) is 0 Å². The van der Waals surface area contributed by atoms with Crippen LogP contribution in [0.5, 0.6) is 0 Å². The first kappa shape index (κ1) is 9.53. The van der Waals surface area contributed by atoms with Crippen LogP contribution in [0.15, 0.2) is 24.3 Å². The van der Waals surface area contributed by atoms with Gasteiger partial charge in [0.15, 0.2) is 0 Å². The van der Waals surface area contributed by atoms with Crippen molar-refractivity contribution in [3.63, 3.8) is 0 Å². The number of hydrogen-bond donors (Lipinski definition) is 1. The van der Waals surface area contributed by atoms with Gasteiger partial charge in [0.25, 0.3) is 0 Å². The minimum Gasteiger partial charge on any atom is -0.385 e. The number of rotatable bonds is 2. The van der Waals surface area contributed by atoms with Gasteiger partial charge in [0, 0.05) is 24.7 Å². The van der Waals surface area contributed by atoms with Gasteiger partial charge in [0.2, 0.25) is 0 Å². The summed E-state index contributed by atoms with van der Waals surface area (Å²) in [6.45, 7) is 2.26. The predicted octanol–water partition coefficient (Wildman–Crippen LogP) is 2.15. The maximum Gasteiger partial charge on any atom is 0.0376 e. The second-order valence-corrected chi connectivity index (χ2v) is 4.26. The van der Waals surface area contributed by atoms with E-state index in [4.69, 9.17) is 0 Å². The zero-order valence-corrected chi connectivity index (χ0v) is 8.96. The molecule has 0 saturated heterocycles. The minimum atomic E-state index is 0.697. The largest absolute Gasteiger partial charge is 0.385 e. The lowest BCUT2D eigenvalue weighted by Gasteiger charge is -2.28. The van der Waals surface area contributed by atoms with Crippen molar-refractivity contribution in [2.45, 2.75) is 12.3 Å². The van der Waals surface area contributed by atoms with Crippen molar-refractivity contribution < 1.29 is 0 Å². The van der Waals surface area contributed by atoms with E-state index in [1.54, 1.807) is 0 Å². The quantitative estimate of drug-likeness (QED) is 0.768. The lowest BCUT2D eigenvalue weighted by Crippen LogP contribution is -2.26. The molecule has 0 aliphatic carbocycles. The molecule has 2 rings (SSSR count). The number of fused-ring (bicyclic) bond motifs is 1. The van der Waals surface area contributed by atoms with Crippen LogP contribution in [0.2, 0.25) is 0 Å². The van der Waals surface area contributed by atoms with Gasteiger partial charge in [-0.2, -0.15) is 0 Å². The van der Waals surface area contributed by atoms with E-state index >= 15 is 0 Å². The molecule has 14 heavy (non-hydrogen) atoms. The monoisotopic (exact) mass is 190 g/mol. The predicted molar refractivity (Wildman–Crippen MR) is 60.8 cm³/mol. The third-order valence-electron chi connectivity index (χ3n) is 2.79. The van der Waals surface area contributed by atoms with Gasteiger partial charge in [-0.25, -0.2) is 0 Å². The summed E-state index contributed by atoms with van der Waals surface area (Å²) in [5, 5.41) is 3.45. The summed E-state index contributed by atoms with van der Waals surface area (Å²) in [5.41, 5.74) is 2.80. The molecule has 0 radical (unpaired) electrons. The van der Waals surface area contributed by atoms with Gasteiger partial charge >= 0.3 is 0 Å².